The van der Waals surface area contributed by atoms with Crippen molar-refractivity contribution in [2.75, 3.05) is 12.0 Å². The molecule has 3 aromatic rings. The molecule has 112 valence electrons. The quantitative estimate of drug-likeness (QED) is 0.594. The molecule has 0 spiro atoms. The van der Waals surface area contributed by atoms with Crippen LogP contribution in [-0.2, 0) is 6.42 Å². The van der Waals surface area contributed by atoms with Gasteiger partial charge in [-0.15, -0.1) is 0 Å². The average Bonchev–Trinajstić information content (AvgIpc) is 2.54. The number of hydrogen-bond acceptors (Lipinski definition) is 5. The van der Waals surface area contributed by atoms with Crippen LogP contribution in [0.4, 0.5) is 5.69 Å². The van der Waals surface area contributed by atoms with E-state index in [2.05, 4.69) is 16.9 Å². The Morgan fingerprint density at radius 3 is 2.82 bits per heavy atom. The maximum Gasteiger partial charge on any atom is 0.258 e. The number of aryl methyl sites for hydroxylation is 1. The van der Waals surface area contributed by atoms with Crippen molar-refractivity contribution in [3.63, 3.8) is 0 Å². The number of rotatable bonds is 3. The van der Waals surface area contributed by atoms with Gasteiger partial charge in [0, 0.05) is 18.0 Å². The molecule has 0 aliphatic rings. The van der Waals surface area contributed by atoms with Gasteiger partial charge in [-0.3, -0.25) is 9.36 Å². The summed E-state index contributed by atoms with van der Waals surface area (Å²) in [7, 11) is 0. The number of nitrogens with zero attached hydrogens (tertiary/aromatic N) is 3. The Kier molecular flexibility index (Phi) is 3.85. The molecule has 0 atom stereocenters. The highest BCUT2D eigenvalue weighted by atomic mass is 32.2. The van der Waals surface area contributed by atoms with Crippen molar-refractivity contribution in [3.05, 3.63) is 52.4 Å². The Labute approximate surface area is 132 Å². The molecule has 6 heteroatoms. The minimum atomic E-state index is -0.184. The lowest BCUT2D eigenvalue weighted by Gasteiger charge is -2.14. The molecule has 3 rings (SSSR count). The van der Waals surface area contributed by atoms with Crippen LogP contribution in [0.25, 0.3) is 16.7 Å². The minimum absolute atomic E-state index is 0.184. The van der Waals surface area contributed by atoms with Crippen molar-refractivity contribution >= 4 is 28.5 Å². The van der Waals surface area contributed by atoms with E-state index in [1.807, 2.05) is 30.5 Å². The zero-order valence-electron chi connectivity index (χ0n) is 12.4. The number of pyridine rings is 1. The molecule has 22 heavy (non-hydrogen) atoms. The topological polar surface area (TPSA) is 73.8 Å². The average molecular weight is 312 g/mol. The first-order valence-corrected chi connectivity index (χ1v) is 8.18. The van der Waals surface area contributed by atoms with Crippen LogP contribution in [-0.4, -0.2) is 20.8 Å². The van der Waals surface area contributed by atoms with E-state index in [9.17, 15) is 4.79 Å². The highest BCUT2D eigenvalue weighted by Gasteiger charge is 2.13. The first-order valence-electron chi connectivity index (χ1n) is 6.96. The van der Waals surface area contributed by atoms with Crippen molar-refractivity contribution in [3.8, 4) is 5.69 Å². The van der Waals surface area contributed by atoms with Gasteiger partial charge in [0.2, 0.25) is 0 Å². The molecule has 0 aliphatic heterocycles. The summed E-state index contributed by atoms with van der Waals surface area (Å²) in [5.74, 6) is 0. The van der Waals surface area contributed by atoms with Crippen LogP contribution >= 0.6 is 11.8 Å². The summed E-state index contributed by atoms with van der Waals surface area (Å²) in [6, 6.07) is 9.25. The Morgan fingerprint density at radius 1 is 1.32 bits per heavy atom. The SMILES string of the molecule is CCc1ccccc1-n1c(=O)cc(N)c2cnc(SC)nc21. The van der Waals surface area contributed by atoms with Crippen molar-refractivity contribution in [2.45, 2.75) is 18.5 Å². The maximum atomic E-state index is 12.5. The van der Waals surface area contributed by atoms with Crippen LogP contribution in [0.5, 0.6) is 0 Å². The lowest BCUT2D eigenvalue weighted by atomic mass is 10.1. The second-order valence-electron chi connectivity index (χ2n) is 4.85. The Morgan fingerprint density at radius 2 is 2.09 bits per heavy atom. The van der Waals surface area contributed by atoms with Gasteiger partial charge in [-0.25, -0.2) is 9.97 Å². The van der Waals surface area contributed by atoms with Gasteiger partial charge >= 0.3 is 0 Å². The number of thioether (sulfide) groups is 1. The first-order chi connectivity index (χ1) is 10.7. The molecule has 0 saturated carbocycles. The largest absolute Gasteiger partial charge is 0.398 e. The van der Waals surface area contributed by atoms with Gasteiger partial charge in [0.25, 0.3) is 5.56 Å². The van der Waals surface area contributed by atoms with E-state index in [0.717, 1.165) is 17.7 Å². The molecule has 0 aliphatic carbocycles. The molecule has 2 aromatic heterocycles. The third-order valence-corrected chi connectivity index (χ3v) is 4.13. The summed E-state index contributed by atoms with van der Waals surface area (Å²) in [5, 5.41) is 1.29. The van der Waals surface area contributed by atoms with Gasteiger partial charge in [0.1, 0.15) is 0 Å². The standard InChI is InChI=1S/C16H16N4OS/c1-3-10-6-4-5-7-13(10)20-14(21)8-12(17)11-9-18-16(22-2)19-15(11)20/h4-9H,3,17H2,1-2H3. The minimum Gasteiger partial charge on any atom is -0.398 e. The molecule has 1 aromatic carbocycles. The molecule has 5 nitrogen and oxygen atoms in total. The van der Waals surface area contributed by atoms with E-state index < -0.39 is 0 Å². The predicted octanol–water partition coefficient (Wildman–Crippen LogP) is 2.65. The Hall–Kier alpha value is -2.34. The van der Waals surface area contributed by atoms with E-state index in [0.29, 0.717) is 21.9 Å². The number of anilines is 1. The van der Waals surface area contributed by atoms with Gasteiger partial charge in [-0.2, -0.15) is 0 Å². The van der Waals surface area contributed by atoms with E-state index >= 15 is 0 Å². The van der Waals surface area contributed by atoms with Crippen molar-refractivity contribution in [2.24, 2.45) is 0 Å². The van der Waals surface area contributed by atoms with Crippen LogP contribution < -0.4 is 11.3 Å². The van der Waals surface area contributed by atoms with Crippen molar-refractivity contribution < 1.29 is 0 Å². The Balaban J connectivity index is 2.45. The molecule has 0 amide bonds. The third-order valence-electron chi connectivity index (χ3n) is 3.56. The molecule has 0 radical (unpaired) electrons. The third kappa shape index (κ3) is 2.35. The number of fused-ring (bicyclic) bond motifs is 1. The highest BCUT2D eigenvalue weighted by molar-refractivity contribution is 7.98. The van der Waals surface area contributed by atoms with Crippen molar-refractivity contribution in [1.82, 2.24) is 14.5 Å². The van der Waals surface area contributed by atoms with Crippen LogP contribution in [0.3, 0.4) is 0 Å². The van der Waals surface area contributed by atoms with Crippen LogP contribution in [0, 0.1) is 0 Å². The smallest absolute Gasteiger partial charge is 0.258 e. The number of nitrogen functional groups attached to an aromatic ring is 1. The van der Waals surface area contributed by atoms with Crippen LogP contribution in [0.1, 0.15) is 12.5 Å². The molecule has 0 unspecified atom stereocenters. The molecule has 0 saturated heterocycles. The summed E-state index contributed by atoms with van der Waals surface area (Å²) in [6.45, 7) is 2.06. The first kappa shape index (κ1) is 14.6. The lowest BCUT2D eigenvalue weighted by Crippen LogP contribution is -2.21. The van der Waals surface area contributed by atoms with Crippen LogP contribution in [0.2, 0.25) is 0 Å². The predicted molar refractivity (Wildman–Crippen MR) is 90.7 cm³/mol. The van der Waals surface area contributed by atoms with Gasteiger partial charge in [-0.1, -0.05) is 36.9 Å². The molecule has 2 N–H and O–H groups in total. The second kappa shape index (κ2) is 5.81. The fraction of sp³-hybridized carbons (Fsp3) is 0.188. The summed E-state index contributed by atoms with van der Waals surface area (Å²) in [4.78, 5) is 21.3. The zero-order valence-corrected chi connectivity index (χ0v) is 13.2. The number of aromatic nitrogens is 3. The van der Waals surface area contributed by atoms with Crippen LogP contribution in [0.15, 0.2) is 46.5 Å². The van der Waals surface area contributed by atoms with E-state index in [-0.39, 0.29) is 5.56 Å². The van der Waals surface area contributed by atoms with E-state index in [1.165, 1.54) is 17.8 Å². The molecule has 0 fully saturated rings. The number of hydrogen-bond donors (Lipinski definition) is 1. The maximum absolute atomic E-state index is 12.5. The van der Waals surface area contributed by atoms with Gasteiger partial charge in [-0.05, 0) is 24.3 Å². The highest BCUT2D eigenvalue weighted by Crippen LogP contribution is 2.23. The molecular weight excluding hydrogens is 296 g/mol. The molecular formula is C16H16N4OS. The number of para-hydroxylation sites is 1. The Bertz CT molecular complexity index is 904. The second-order valence-corrected chi connectivity index (χ2v) is 5.62. The number of nitrogens with two attached hydrogens (primary N) is 1. The summed E-state index contributed by atoms with van der Waals surface area (Å²) in [5.41, 5.74) is 8.65. The van der Waals surface area contributed by atoms with E-state index in [1.54, 1.807) is 10.8 Å². The number of benzene rings is 1. The fourth-order valence-corrected chi connectivity index (χ4v) is 2.81. The normalized spacial score (nSPS) is 11.0. The van der Waals surface area contributed by atoms with Gasteiger partial charge in [0.15, 0.2) is 10.8 Å². The van der Waals surface area contributed by atoms with Gasteiger partial charge < -0.3 is 5.73 Å². The molecule has 0 bridgehead atoms. The van der Waals surface area contributed by atoms with Crippen molar-refractivity contribution in [1.29, 1.82) is 0 Å². The monoisotopic (exact) mass is 312 g/mol. The summed E-state index contributed by atoms with van der Waals surface area (Å²) >= 11 is 1.43. The fourth-order valence-electron chi connectivity index (χ4n) is 2.47. The summed E-state index contributed by atoms with van der Waals surface area (Å²) in [6.07, 6.45) is 4.40. The zero-order chi connectivity index (χ0) is 15.7. The molecule has 2 heterocycles. The lowest BCUT2D eigenvalue weighted by molar-refractivity contribution is 0.926. The summed E-state index contributed by atoms with van der Waals surface area (Å²) < 4.78 is 1.62. The van der Waals surface area contributed by atoms with Gasteiger partial charge in [0.05, 0.1) is 11.1 Å². The van der Waals surface area contributed by atoms with E-state index in [4.69, 9.17) is 5.73 Å².